The molecule has 0 fully saturated rings. The number of hydrogen-bond donors (Lipinski definition) is 1. The van der Waals surface area contributed by atoms with Crippen LogP contribution in [-0.4, -0.2) is 4.98 Å². The molecule has 29 heavy (non-hydrogen) atoms. The molecule has 1 N–H and O–H groups in total. The van der Waals surface area contributed by atoms with Crippen LogP contribution < -0.4 is 10.2 Å². The van der Waals surface area contributed by atoms with Crippen LogP contribution in [0.3, 0.4) is 0 Å². The van der Waals surface area contributed by atoms with Gasteiger partial charge in [0.2, 0.25) is 0 Å². The number of nitrogens with one attached hydrogen (secondary N) is 1. The second-order valence-electron chi connectivity index (χ2n) is 7.00. The first-order chi connectivity index (χ1) is 14.1. The van der Waals surface area contributed by atoms with Crippen LogP contribution in [0.25, 0.3) is 27.6 Å². The summed E-state index contributed by atoms with van der Waals surface area (Å²) in [6.07, 6.45) is 3.72. The summed E-state index contributed by atoms with van der Waals surface area (Å²) in [7, 11) is 0. The summed E-state index contributed by atoms with van der Waals surface area (Å²) in [6.45, 7) is 8.61. The van der Waals surface area contributed by atoms with Crippen molar-refractivity contribution in [3.63, 3.8) is 0 Å². The summed E-state index contributed by atoms with van der Waals surface area (Å²) in [5.41, 5.74) is 5.96. The average molecular weight is 396 g/mol. The summed E-state index contributed by atoms with van der Waals surface area (Å²) in [4.78, 5) is 6.44. The molecule has 2 heterocycles. The van der Waals surface area contributed by atoms with Gasteiger partial charge in [0, 0.05) is 38.9 Å². The molecule has 1 aromatic heterocycles. The second kappa shape index (κ2) is 6.80. The molecule has 3 nitrogen and oxygen atoms in total. The Bertz CT molecular complexity index is 1290. The van der Waals surface area contributed by atoms with Gasteiger partial charge in [-0.25, -0.2) is 0 Å². The minimum absolute atomic E-state index is 0.719. The zero-order valence-electron chi connectivity index (χ0n) is 15.7. The largest absolute Gasteiger partial charge is 0.341 e. The van der Waals surface area contributed by atoms with Crippen molar-refractivity contribution in [3.05, 3.63) is 109 Å². The number of nitrogens with zero attached hydrogens (tertiary/aromatic N) is 2. The van der Waals surface area contributed by atoms with E-state index in [1.165, 1.54) is 0 Å². The third-order valence-corrected chi connectivity index (χ3v) is 5.43. The molecule has 0 aliphatic carbocycles. The molecule has 0 spiro atoms. The molecule has 4 heteroatoms. The second-order valence-corrected chi connectivity index (χ2v) is 7.44. The van der Waals surface area contributed by atoms with E-state index in [1.807, 2.05) is 53.7 Å². The van der Waals surface area contributed by atoms with Crippen LogP contribution in [0.1, 0.15) is 5.56 Å². The minimum atomic E-state index is 0.719. The number of anilines is 2. The maximum atomic E-state index is 6.16. The van der Waals surface area contributed by atoms with E-state index in [0.29, 0.717) is 0 Å². The molecule has 140 valence electrons. The molecular weight excluding hydrogens is 378 g/mol. The van der Waals surface area contributed by atoms with E-state index >= 15 is 0 Å². The zero-order valence-corrected chi connectivity index (χ0v) is 16.4. The number of hydrogen-bond acceptors (Lipinski definition) is 3. The van der Waals surface area contributed by atoms with E-state index in [0.717, 1.165) is 55.4 Å². The molecule has 5 rings (SSSR count). The van der Waals surface area contributed by atoms with E-state index in [2.05, 4.69) is 53.8 Å². The standard InChI is InChI=1S/C25H18ClN3/c1-16-22-11-10-19(18-7-5-8-21(26)12-18)13-24(22)28-17(2)29(16)25-15-27-14-20-6-3-4-9-23(20)25/h3-15,28H,1-2H2. The van der Waals surface area contributed by atoms with Crippen LogP contribution in [0.5, 0.6) is 0 Å². The maximum Gasteiger partial charge on any atom is 0.108 e. The van der Waals surface area contributed by atoms with E-state index in [-0.39, 0.29) is 0 Å². The van der Waals surface area contributed by atoms with E-state index < -0.39 is 0 Å². The number of benzene rings is 3. The van der Waals surface area contributed by atoms with Crippen molar-refractivity contribution in [1.82, 2.24) is 4.98 Å². The predicted molar refractivity (Wildman–Crippen MR) is 123 cm³/mol. The molecule has 0 saturated carbocycles. The smallest absolute Gasteiger partial charge is 0.108 e. The predicted octanol–water partition coefficient (Wildman–Crippen LogP) is 6.93. The van der Waals surface area contributed by atoms with Gasteiger partial charge in [-0.3, -0.25) is 9.88 Å². The maximum absolute atomic E-state index is 6.16. The highest BCUT2D eigenvalue weighted by Crippen LogP contribution is 2.41. The Morgan fingerprint density at radius 3 is 2.55 bits per heavy atom. The van der Waals surface area contributed by atoms with Crippen molar-refractivity contribution in [2.24, 2.45) is 0 Å². The molecule has 1 aliphatic heterocycles. The van der Waals surface area contributed by atoms with Gasteiger partial charge in [-0.2, -0.15) is 0 Å². The SMILES string of the molecule is C=C1Nc2cc(-c3cccc(Cl)c3)ccc2C(=C)N1c1cncc2ccccc12. The Kier molecular flexibility index (Phi) is 4.11. The summed E-state index contributed by atoms with van der Waals surface area (Å²) < 4.78 is 0. The van der Waals surface area contributed by atoms with Crippen LogP contribution in [0.4, 0.5) is 11.4 Å². The molecule has 4 aromatic rings. The summed E-state index contributed by atoms with van der Waals surface area (Å²) in [5.74, 6) is 0.740. The summed E-state index contributed by atoms with van der Waals surface area (Å²) in [5, 5.41) is 6.34. The number of halogens is 1. The molecule has 0 saturated heterocycles. The van der Waals surface area contributed by atoms with Gasteiger partial charge in [0.05, 0.1) is 11.9 Å². The lowest BCUT2D eigenvalue weighted by molar-refractivity contribution is 1.14. The Morgan fingerprint density at radius 1 is 0.862 bits per heavy atom. The van der Waals surface area contributed by atoms with Crippen LogP contribution in [0, 0.1) is 0 Å². The van der Waals surface area contributed by atoms with Gasteiger partial charge < -0.3 is 5.32 Å². The first-order valence-electron chi connectivity index (χ1n) is 9.30. The minimum Gasteiger partial charge on any atom is -0.341 e. The fourth-order valence-electron chi connectivity index (χ4n) is 3.81. The monoisotopic (exact) mass is 395 g/mol. The number of pyridine rings is 1. The lowest BCUT2D eigenvalue weighted by Gasteiger charge is -2.35. The third-order valence-electron chi connectivity index (χ3n) is 5.20. The van der Waals surface area contributed by atoms with Gasteiger partial charge in [-0.15, -0.1) is 0 Å². The zero-order chi connectivity index (χ0) is 20.0. The Balaban J connectivity index is 1.59. The first kappa shape index (κ1) is 17.5. The Morgan fingerprint density at radius 2 is 1.69 bits per heavy atom. The molecule has 0 radical (unpaired) electrons. The lowest BCUT2D eigenvalue weighted by atomic mass is 9.98. The number of rotatable bonds is 2. The number of aromatic nitrogens is 1. The molecule has 3 aromatic carbocycles. The van der Waals surface area contributed by atoms with Crippen LogP contribution in [0.2, 0.25) is 5.02 Å². The molecule has 0 unspecified atom stereocenters. The molecule has 0 bridgehead atoms. The highest BCUT2D eigenvalue weighted by Gasteiger charge is 2.25. The van der Waals surface area contributed by atoms with Gasteiger partial charge in [0.25, 0.3) is 0 Å². The fraction of sp³-hybridized carbons (Fsp3) is 0. The van der Waals surface area contributed by atoms with Gasteiger partial charge in [-0.1, -0.05) is 73.3 Å². The van der Waals surface area contributed by atoms with Gasteiger partial charge in [-0.05, 0) is 29.3 Å². The molecule has 1 aliphatic rings. The fourth-order valence-corrected chi connectivity index (χ4v) is 4.00. The summed E-state index contributed by atoms with van der Waals surface area (Å²) >= 11 is 6.16. The third kappa shape index (κ3) is 2.96. The van der Waals surface area contributed by atoms with Crippen molar-refractivity contribution >= 4 is 39.4 Å². The van der Waals surface area contributed by atoms with Gasteiger partial charge >= 0.3 is 0 Å². The molecular formula is C25H18ClN3. The van der Waals surface area contributed by atoms with Crippen LogP contribution in [0.15, 0.2) is 98.1 Å². The Hall–Kier alpha value is -3.56. The van der Waals surface area contributed by atoms with Gasteiger partial charge in [0.1, 0.15) is 5.82 Å². The van der Waals surface area contributed by atoms with E-state index in [9.17, 15) is 0 Å². The normalized spacial score (nSPS) is 13.3. The lowest BCUT2D eigenvalue weighted by Crippen LogP contribution is -2.29. The van der Waals surface area contributed by atoms with Crippen molar-refractivity contribution in [2.45, 2.75) is 0 Å². The first-order valence-corrected chi connectivity index (χ1v) is 9.68. The molecule has 0 atom stereocenters. The Labute approximate surface area is 174 Å². The van der Waals surface area contributed by atoms with Crippen LogP contribution >= 0.6 is 11.6 Å². The quantitative estimate of drug-likeness (QED) is 0.399. The van der Waals surface area contributed by atoms with Crippen molar-refractivity contribution in [1.29, 1.82) is 0 Å². The van der Waals surface area contributed by atoms with Crippen LogP contribution in [-0.2, 0) is 0 Å². The van der Waals surface area contributed by atoms with E-state index in [1.54, 1.807) is 0 Å². The average Bonchev–Trinajstić information content (AvgIpc) is 2.73. The summed E-state index contributed by atoms with van der Waals surface area (Å²) in [6, 6.07) is 22.3. The van der Waals surface area contributed by atoms with E-state index in [4.69, 9.17) is 11.6 Å². The topological polar surface area (TPSA) is 28.2 Å². The van der Waals surface area contributed by atoms with Crippen molar-refractivity contribution in [2.75, 3.05) is 10.2 Å². The van der Waals surface area contributed by atoms with Crippen molar-refractivity contribution < 1.29 is 0 Å². The highest BCUT2D eigenvalue weighted by molar-refractivity contribution is 6.30. The number of fused-ring (bicyclic) bond motifs is 2. The van der Waals surface area contributed by atoms with Crippen molar-refractivity contribution in [3.8, 4) is 11.1 Å². The molecule has 0 amide bonds. The highest BCUT2D eigenvalue weighted by atomic mass is 35.5. The van der Waals surface area contributed by atoms with Gasteiger partial charge in [0.15, 0.2) is 0 Å².